The first-order valence-corrected chi connectivity index (χ1v) is 4.53. The van der Waals surface area contributed by atoms with Gasteiger partial charge in [0.1, 0.15) is 4.34 Å². The second kappa shape index (κ2) is 2.93. The van der Waals surface area contributed by atoms with Crippen molar-refractivity contribution in [3.63, 3.8) is 0 Å². The van der Waals surface area contributed by atoms with Crippen LogP contribution < -0.4 is 0 Å². The first kappa shape index (κ1) is 8.40. The quantitative estimate of drug-likeness (QED) is 0.542. The topological polar surface area (TPSA) is 56.0 Å². The zero-order valence-corrected chi connectivity index (χ0v) is 7.80. The summed E-state index contributed by atoms with van der Waals surface area (Å²) in [5, 5.41) is 11.2. The molecule has 66 valence electrons. The summed E-state index contributed by atoms with van der Waals surface area (Å²) in [6.07, 6.45) is 0. The van der Waals surface area contributed by atoms with E-state index in [0.717, 1.165) is 11.5 Å². The summed E-state index contributed by atoms with van der Waals surface area (Å²) in [5.74, 6) is 0. The fourth-order valence-corrected chi connectivity index (χ4v) is 1.95. The molecular weight excluding hydrogens is 212 g/mol. The lowest BCUT2D eigenvalue weighted by molar-refractivity contribution is -0.383. The van der Waals surface area contributed by atoms with Gasteiger partial charge < -0.3 is 0 Å². The Bertz CT molecular complexity index is 482. The van der Waals surface area contributed by atoms with Gasteiger partial charge in [0.25, 0.3) is 5.69 Å². The Morgan fingerprint density at radius 1 is 1.54 bits per heavy atom. The number of benzene rings is 1. The highest BCUT2D eigenvalue weighted by molar-refractivity contribution is 7.12. The lowest BCUT2D eigenvalue weighted by Crippen LogP contribution is -1.88. The Kier molecular flexibility index (Phi) is 1.90. The highest BCUT2D eigenvalue weighted by Crippen LogP contribution is 2.32. The Labute approximate surface area is 82.1 Å². The normalized spacial score (nSPS) is 10.5. The summed E-state index contributed by atoms with van der Waals surface area (Å²) in [6, 6.07) is 4.73. The minimum Gasteiger partial charge on any atom is -0.258 e. The van der Waals surface area contributed by atoms with Gasteiger partial charge in [0.05, 0.1) is 4.92 Å². The van der Waals surface area contributed by atoms with Gasteiger partial charge in [-0.2, -0.15) is 4.37 Å². The van der Waals surface area contributed by atoms with E-state index in [2.05, 4.69) is 4.37 Å². The van der Waals surface area contributed by atoms with Crippen LogP contribution in [-0.4, -0.2) is 9.30 Å². The number of nitrogens with zero attached hydrogens (tertiary/aromatic N) is 2. The largest absolute Gasteiger partial charge is 0.296 e. The maximum atomic E-state index is 10.6. The molecular formula is C7H3ClN2O2S. The molecule has 4 nitrogen and oxygen atoms in total. The number of aromatic nitrogens is 1. The Balaban J connectivity index is 2.84. The summed E-state index contributed by atoms with van der Waals surface area (Å²) in [6.45, 7) is 0. The number of halogens is 1. The maximum Gasteiger partial charge on any atom is 0.296 e. The van der Waals surface area contributed by atoms with Crippen LogP contribution in [0.2, 0.25) is 4.34 Å². The van der Waals surface area contributed by atoms with Crippen molar-refractivity contribution in [3.8, 4) is 0 Å². The molecule has 0 saturated carbocycles. The Morgan fingerprint density at radius 2 is 2.31 bits per heavy atom. The van der Waals surface area contributed by atoms with Crippen molar-refractivity contribution in [2.45, 2.75) is 0 Å². The standard InChI is InChI=1S/C7H3ClN2O2S/c8-7-4-2-1-3-5(10(11)12)6(4)9-13-7/h1-3H. The molecule has 0 aliphatic carbocycles. The van der Waals surface area contributed by atoms with E-state index >= 15 is 0 Å². The van der Waals surface area contributed by atoms with E-state index in [1.165, 1.54) is 6.07 Å². The molecule has 0 fully saturated rings. The van der Waals surface area contributed by atoms with Crippen LogP contribution in [0.3, 0.4) is 0 Å². The van der Waals surface area contributed by atoms with Crippen LogP contribution in [-0.2, 0) is 0 Å². The van der Waals surface area contributed by atoms with Gasteiger partial charge in [-0.05, 0) is 17.6 Å². The fourth-order valence-electron chi connectivity index (χ4n) is 1.07. The number of fused-ring (bicyclic) bond motifs is 1. The first-order valence-electron chi connectivity index (χ1n) is 3.38. The van der Waals surface area contributed by atoms with Gasteiger partial charge in [-0.15, -0.1) is 0 Å². The van der Waals surface area contributed by atoms with Crippen LogP contribution in [0, 0.1) is 10.1 Å². The lowest BCUT2D eigenvalue weighted by Gasteiger charge is -1.90. The van der Waals surface area contributed by atoms with Crippen molar-refractivity contribution in [2.75, 3.05) is 0 Å². The van der Waals surface area contributed by atoms with E-state index in [1.54, 1.807) is 12.1 Å². The molecule has 0 N–H and O–H groups in total. The molecule has 6 heteroatoms. The molecule has 0 aliphatic heterocycles. The molecule has 1 aromatic carbocycles. The van der Waals surface area contributed by atoms with E-state index in [-0.39, 0.29) is 5.69 Å². The van der Waals surface area contributed by atoms with Crippen molar-refractivity contribution in [1.29, 1.82) is 0 Å². The number of hydrogen-bond acceptors (Lipinski definition) is 4. The zero-order chi connectivity index (χ0) is 9.42. The van der Waals surface area contributed by atoms with Gasteiger partial charge in [-0.1, -0.05) is 17.7 Å². The monoisotopic (exact) mass is 214 g/mol. The van der Waals surface area contributed by atoms with Gasteiger partial charge in [0, 0.05) is 11.5 Å². The van der Waals surface area contributed by atoms with Crippen LogP contribution in [0.25, 0.3) is 10.9 Å². The average molecular weight is 215 g/mol. The molecule has 1 aromatic heterocycles. The van der Waals surface area contributed by atoms with E-state index < -0.39 is 4.92 Å². The maximum absolute atomic E-state index is 10.6. The van der Waals surface area contributed by atoms with Crippen LogP contribution in [0.4, 0.5) is 5.69 Å². The van der Waals surface area contributed by atoms with Crippen LogP contribution >= 0.6 is 23.1 Å². The third-order valence-corrected chi connectivity index (χ3v) is 2.70. The summed E-state index contributed by atoms with van der Waals surface area (Å²) in [5.41, 5.74) is 0.364. The molecule has 0 unspecified atom stereocenters. The third-order valence-electron chi connectivity index (χ3n) is 1.64. The van der Waals surface area contributed by atoms with E-state index in [9.17, 15) is 10.1 Å². The van der Waals surface area contributed by atoms with Gasteiger partial charge >= 0.3 is 0 Å². The van der Waals surface area contributed by atoms with Gasteiger partial charge in [-0.25, -0.2) is 0 Å². The minimum atomic E-state index is -0.460. The molecule has 0 radical (unpaired) electrons. The predicted molar refractivity (Wildman–Crippen MR) is 51.3 cm³/mol. The lowest BCUT2D eigenvalue weighted by atomic mass is 10.2. The summed E-state index contributed by atoms with van der Waals surface area (Å²) >= 11 is 6.84. The minimum absolute atomic E-state index is 0.000602. The van der Waals surface area contributed by atoms with Gasteiger partial charge in [0.15, 0.2) is 5.52 Å². The van der Waals surface area contributed by atoms with E-state index in [0.29, 0.717) is 15.2 Å². The summed E-state index contributed by atoms with van der Waals surface area (Å²) in [7, 11) is 0. The van der Waals surface area contributed by atoms with Crippen LogP contribution in [0.1, 0.15) is 0 Å². The highest BCUT2D eigenvalue weighted by Gasteiger charge is 2.15. The van der Waals surface area contributed by atoms with E-state index in [4.69, 9.17) is 11.6 Å². The van der Waals surface area contributed by atoms with Gasteiger partial charge in [-0.3, -0.25) is 10.1 Å². The average Bonchev–Trinajstić information content (AvgIpc) is 2.48. The molecule has 0 atom stereocenters. The molecule has 2 aromatic rings. The number of non-ortho nitro benzene ring substituents is 1. The molecule has 1 heterocycles. The summed E-state index contributed by atoms with van der Waals surface area (Å²) < 4.78 is 4.39. The molecule has 0 spiro atoms. The number of nitro groups is 1. The highest BCUT2D eigenvalue weighted by atomic mass is 35.5. The number of hydrogen-bond donors (Lipinski definition) is 0. The van der Waals surface area contributed by atoms with Crippen molar-refractivity contribution < 1.29 is 4.92 Å². The summed E-state index contributed by atoms with van der Waals surface area (Å²) in [4.78, 5) is 10.1. The molecule has 0 bridgehead atoms. The second-order valence-electron chi connectivity index (χ2n) is 2.39. The van der Waals surface area contributed by atoms with Crippen molar-refractivity contribution in [3.05, 3.63) is 32.6 Å². The van der Waals surface area contributed by atoms with E-state index in [1.807, 2.05) is 0 Å². The second-order valence-corrected chi connectivity index (χ2v) is 3.76. The smallest absolute Gasteiger partial charge is 0.258 e. The molecule has 0 amide bonds. The SMILES string of the molecule is O=[N+]([O-])c1cccc2c(Cl)snc12. The third kappa shape index (κ3) is 1.26. The molecule has 0 aliphatic rings. The molecule has 0 saturated heterocycles. The number of nitro benzene ring substituents is 1. The Hall–Kier alpha value is -1.20. The fraction of sp³-hybridized carbons (Fsp3) is 0. The van der Waals surface area contributed by atoms with Crippen molar-refractivity contribution >= 4 is 39.7 Å². The first-order chi connectivity index (χ1) is 6.20. The molecule has 13 heavy (non-hydrogen) atoms. The predicted octanol–water partition coefficient (Wildman–Crippen LogP) is 2.86. The van der Waals surface area contributed by atoms with Crippen LogP contribution in [0.15, 0.2) is 18.2 Å². The Morgan fingerprint density at radius 3 is 3.00 bits per heavy atom. The van der Waals surface area contributed by atoms with Gasteiger partial charge in [0.2, 0.25) is 0 Å². The number of rotatable bonds is 1. The van der Waals surface area contributed by atoms with Crippen molar-refractivity contribution in [2.24, 2.45) is 0 Å². The van der Waals surface area contributed by atoms with Crippen LogP contribution in [0.5, 0.6) is 0 Å². The molecule has 2 rings (SSSR count). The van der Waals surface area contributed by atoms with Crippen molar-refractivity contribution in [1.82, 2.24) is 4.37 Å². The zero-order valence-electron chi connectivity index (χ0n) is 6.23.